The largest absolute Gasteiger partial charge is 0.481 e. The summed E-state index contributed by atoms with van der Waals surface area (Å²) in [5, 5.41) is 28.7. The number of hydrogen-bond donors (Lipinski definition) is 6. The highest BCUT2D eigenvalue weighted by atomic mass is 16.6. The Morgan fingerprint density at radius 1 is 0.740 bits per heavy atom. The van der Waals surface area contributed by atoms with Crippen molar-refractivity contribution < 1.29 is 77.0 Å². The minimum Gasteiger partial charge on any atom is -0.481 e. The Labute approximate surface area is 449 Å². The number of benzene rings is 1. The number of rotatable bonds is 31. The second-order valence-corrected chi connectivity index (χ2v) is 16.4. The number of carbonyl (C=O) groups excluding carboxylic acids is 7. The smallest absolute Gasteiger partial charge is 0.330 e. The lowest BCUT2D eigenvalue weighted by Gasteiger charge is -2.26. The van der Waals surface area contributed by atoms with Crippen LogP contribution in [0.4, 0.5) is 0 Å². The first-order chi connectivity index (χ1) is 36.9. The molecule has 0 saturated heterocycles. The Bertz CT molecular complexity index is 2480. The van der Waals surface area contributed by atoms with Crippen LogP contribution >= 0.6 is 0 Å². The van der Waals surface area contributed by atoms with Crippen LogP contribution in [0.1, 0.15) is 118 Å². The summed E-state index contributed by atoms with van der Waals surface area (Å²) in [6, 6.07) is 7.49. The molecule has 3 aromatic rings. The van der Waals surface area contributed by atoms with Gasteiger partial charge < -0.3 is 64.6 Å². The van der Waals surface area contributed by atoms with E-state index in [1.807, 2.05) is 58.9 Å². The number of aromatic nitrogens is 2. The first-order valence-electron chi connectivity index (χ1n) is 26.0. The van der Waals surface area contributed by atoms with Crippen LogP contribution in [0, 0.1) is 0 Å². The van der Waals surface area contributed by atoms with Crippen LogP contribution in [0.2, 0.25) is 0 Å². The van der Waals surface area contributed by atoms with Crippen molar-refractivity contribution in [2.24, 2.45) is 0 Å². The molecule has 6 N–H and O–H groups in total. The molecule has 0 bridgehead atoms. The summed E-state index contributed by atoms with van der Waals surface area (Å²) >= 11 is 0. The number of nitrogens with zero attached hydrogens (tertiary/aromatic N) is 3. The van der Waals surface area contributed by atoms with Crippen molar-refractivity contribution in [2.45, 2.75) is 126 Å². The molecule has 3 heterocycles. The SMILES string of the molecule is CC.CC.CCC.CCCN(CC(=O)NCC(=O)Oc1cc2n(c(=O)c1COC(C)=O)Cc1c-2nc2ccccc2c1CC)C(=O)C(CC(=O)O)NC(=O)CCOCCOCCOCCNC(=O)CNC(=O)CCC(=O)O. The van der Waals surface area contributed by atoms with E-state index in [4.69, 9.17) is 33.8 Å². The maximum absolute atomic E-state index is 13.9. The number of carboxylic acids is 2. The molecular formula is C53H79N7O17. The zero-order chi connectivity index (χ0) is 57.9. The molecule has 1 aliphatic heterocycles. The summed E-state index contributed by atoms with van der Waals surface area (Å²) < 4.78 is 28.3. The fourth-order valence-electron chi connectivity index (χ4n) is 7.16. The van der Waals surface area contributed by atoms with E-state index in [0.717, 1.165) is 28.3 Å². The number of aryl methyl sites for hydroxylation is 1. The fourth-order valence-corrected chi connectivity index (χ4v) is 7.16. The second kappa shape index (κ2) is 38.3. The summed E-state index contributed by atoms with van der Waals surface area (Å²) in [5.74, 6) is -7.76. The van der Waals surface area contributed by atoms with Crippen molar-refractivity contribution in [1.82, 2.24) is 35.7 Å². The van der Waals surface area contributed by atoms with E-state index in [9.17, 15) is 53.1 Å². The maximum atomic E-state index is 13.9. The maximum Gasteiger partial charge on any atom is 0.330 e. The molecule has 77 heavy (non-hydrogen) atoms. The van der Waals surface area contributed by atoms with Crippen LogP contribution in [0.3, 0.4) is 0 Å². The Morgan fingerprint density at radius 3 is 1.97 bits per heavy atom. The number of nitrogens with one attached hydrogen (secondary N) is 4. The predicted octanol–water partition coefficient (Wildman–Crippen LogP) is 3.28. The summed E-state index contributed by atoms with van der Waals surface area (Å²) in [6.45, 7) is 16.1. The molecule has 24 nitrogen and oxygen atoms in total. The number of carboxylic acid groups (broad SMARTS) is 2. The van der Waals surface area contributed by atoms with Gasteiger partial charge in [-0.15, -0.1) is 0 Å². The molecule has 0 spiro atoms. The van der Waals surface area contributed by atoms with E-state index >= 15 is 0 Å². The summed E-state index contributed by atoms with van der Waals surface area (Å²) in [5.41, 5.74) is 2.79. The summed E-state index contributed by atoms with van der Waals surface area (Å²) in [6.07, 6.45) is 0.662. The van der Waals surface area contributed by atoms with Crippen LogP contribution < -0.4 is 31.6 Å². The van der Waals surface area contributed by atoms with E-state index in [2.05, 4.69) is 35.1 Å². The van der Waals surface area contributed by atoms with Crippen LogP contribution in [-0.4, -0.2) is 156 Å². The first-order valence-corrected chi connectivity index (χ1v) is 26.0. The Hall–Kier alpha value is -7.31. The van der Waals surface area contributed by atoms with Gasteiger partial charge in [-0.25, -0.2) is 9.78 Å². The topological polar surface area (TPSA) is 326 Å². The third-order valence-electron chi connectivity index (χ3n) is 10.4. The lowest BCUT2D eigenvalue weighted by atomic mass is 9.99. The van der Waals surface area contributed by atoms with Gasteiger partial charge in [0.25, 0.3) is 5.56 Å². The van der Waals surface area contributed by atoms with Crippen molar-refractivity contribution in [3.8, 4) is 17.1 Å². The zero-order valence-corrected chi connectivity index (χ0v) is 46.0. The Balaban J connectivity index is 0.00000404. The summed E-state index contributed by atoms with van der Waals surface area (Å²) in [4.78, 5) is 130. The third-order valence-corrected chi connectivity index (χ3v) is 10.4. The number of ether oxygens (including phenoxy) is 5. The molecule has 24 heteroatoms. The highest BCUT2D eigenvalue weighted by Gasteiger charge is 2.31. The van der Waals surface area contributed by atoms with Gasteiger partial charge in [-0.3, -0.25) is 43.2 Å². The average Bonchev–Trinajstić information content (AvgIpc) is 3.77. The van der Waals surface area contributed by atoms with Crippen molar-refractivity contribution in [3.63, 3.8) is 0 Å². The van der Waals surface area contributed by atoms with Gasteiger partial charge in [0.15, 0.2) is 0 Å². The van der Waals surface area contributed by atoms with Gasteiger partial charge in [-0.05, 0) is 24.5 Å². The normalized spacial score (nSPS) is 11.0. The summed E-state index contributed by atoms with van der Waals surface area (Å²) in [7, 11) is 0. The Morgan fingerprint density at radius 2 is 1.36 bits per heavy atom. The molecule has 1 unspecified atom stereocenters. The number of esters is 2. The average molecular weight is 1090 g/mol. The molecule has 2 aromatic heterocycles. The quantitative estimate of drug-likeness (QED) is 0.0311. The standard InChI is InChI=1S/C46H59N7O17.C3H8.2C2H6/c1-4-14-52(46(65)34(21-42(61)62)50-38(56)12-15-66-17-19-68-20-18-67-16-13-47-39(57)23-48-37(55)10-11-41(59)60)26-40(58)49-24-43(63)70-36-22-35-44-31(25-53(35)45(64)32(36)27-69-28(3)54)29(5-2)30-8-6-7-9-33(30)51-44;1-3-2;2*1-2/h6-9,22,34H,4-5,10-21,23-27H2,1-3H3,(H,47,57)(H,48,55)(H,49,58)(H,50,56)(H,59,60)(H,61,62);3H2,1-2H3;2*1-2H3. The van der Waals surface area contributed by atoms with Crippen LogP contribution in [-0.2, 0) is 81.7 Å². The minimum absolute atomic E-state index is 0.00374. The minimum atomic E-state index is -1.54. The number of hydrogen-bond acceptors (Lipinski definition) is 16. The monoisotopic (exact) mass is 1090 g/mol. The van der Waals surface area contributed by atoms with Crippen LogP contribution in [0.5, 0.6) is 5.75 Å². The zero-order valence-electron chi connectivity index (χ0n) is 46.0. The molecule has 1 aromatic carbocycles. The molecular weight excluding hydrogens is 1010 g/mol. The molecule has 0 saturated carbocycles. The molecule has 428 valence electrons. The van der Waals surface area contributed by atoms with Crippen molar-refractivity contribution >= 4 is 64.3 Å². The number of aliphatic carboxylic acids is 2. The highest BCUT2D eigenvalue weighted by molar-refractivity contribution is 5.94. The Kier molecular flexibility index (Phi) is 33.6. The van der Waals surface area contributed by atoms with Gasteiger partial charge in [0.2, 0.25) is 29.5 Å². The van der Waals surface area contributed by atoms with Gasteiger partial charge in [-0.1, -0.05) is 80.0 Å². The van der Waals surface area contributed by atoms with E-state index in [-0.39, 0.29) is 96.4 Å². The number of para-hydroxylation sites is 1. The van der Waals surface area contributed by atoms with Crippen molar-refractivity contribution in [2.75, 3.05) is 72.4 Å². The van der Waals surface area contributed by atoms with Gasteiger partial charge >= 0.3 is 23.9 Å². The lowest BCUT2D eigenvalue weighted by Crippen LogP contribution is -2.52. The predicted molar refractivity (Wildman–Crippen MR) is 284 cm³/mol. The molecule has 4 rings (SSSR count). The molecule has 1 atom stereocenters. The van der Waals surface area contributed by atoms with Gasteiger partial charge in [-0.2, -0.15) is 0 Å². The number of pyridine rings is 2. The van der Waals surface area contributed by atoms with Crippen molar-refractivity contribution in [1.29, 1.82) is 0 Å². The first kappa shape index (κ1) is 67.7. The van der Waals surface area contributed by atoms with E-state index in [0.29, 0.717) is 29.7 Å². The van der Waals surface area contributed by atoms with E-state index in [1.54, 1.807) is 6.92 Å². The highest BCUT2D eigenvalue weighted by Crippen LogP contribution is 2.37. The van der Waals surface area contributed by atoms with Crippen LogP contribution in [0.25, 0.3) is 22.3 Å². The molecule has 1 aliphatic rings. The second-order valence-electron chi connectivity index (χ2n) is 16.4. The number of carbonyl (C=O) groups is 9. The lowest BCUT2D eigenvalue weighted by molar-refractivity contribution is -0.145. The van der Waals surface area contributed by atoms with E-state index in [1.165, 1.54) is 17.1 Å². The molecule has 5 amide bonds. The van der Waals surface area contributed by atoms with Gasteiger partial charge in [0.1, 0.15) is 24.9 Å². The van der Waals surface area contributed by atoms with E-state index < -0.39 is 91.1 Å². The third kappa shape index (κ3) is 24.5. The van der Waals surface area contributed by atoms with Crippen LogP contribution in [0.15, 0.2) is 35.1 Å². The van der Waals surface area contributed by atoms with Gasteiger partial charge in [0.05, 0.1) is 94.6 Å². The fraction of sp³-hybridized carbons (Fsp3) is 0.566. The number of fused-ring (bicyclic) bond motifs is 4. The van der Waals surface area contributed by atoms with Gasteiger partial charge in [0, 0.05) is 49.9 Å². The van der Waals surface area contributed by atoms with Crippen molar-refractivity contribution in [3.05, 3.63) is 57.4 Å². The molecule has 0 aliphatic carbocycles. The molecule has 0 radical (unpaired) electrons. The number of amides is 5. The molecule has 0 fully saturated rings.